The lowest BCUT2D eigenvalue weighted by Crippen LogP contribution is -2.34. The average molecular weight is 393 g/mol. The summed E-state index contributed by atoms with van der Waals surface area (Å²) in [6, 6.07) is 7.95. The number of hydrogen-bond donors (Lipinski definition) is 1. The molecule has 140 valence electrons. The molecular formula is C19H24N2O3S2. The van der Waals surface area contributed by atoms with Crippen LogP contribution in [0.15, 0.2) is 29.2 Å². The van der Waals surface area contributed by atoms with Crippen molar-refractivity contribution in [3.8, 4) is 0 Å². The molecule has 2 amide bonds. The Bertz CT molecular complexity index is 701. The largest absolute Gasteiger partial charge is 0.395 e. The third kappa shape index (κ3) is 5.40. The van der Waals surface area contributed by atoms with Gasteiger partial charge in [0.2, 0.25) is 5.91 Å². The van der Waals surface area contributed by atoms with Gasteiger partial charge in [0.1, 0.15) is 4.32 Å². The molecule has 1 aliphatic rings. The minimum Gasteiger partial charge on any atom is -0.395 e. The molecule has 0 radical (unpaired) electrons. The van der Waals surface area contributed by atoms with Gasteiger partial charge in [-0.15, -0.1) is 0 Å². The van der Waals surface area contributed by atoms with Gasteiger partial charge in [-0.05, 0) is 31.9 Å². The Hall–Kier alpha value is -1.70. The Morgan fingerprint density at radius 3 is 2.65 bits per heavy atom. The zero-order valence-electron chi connectivity index (χ0n) is 15.1. The molecule has 26 heavy (non-hydrogen) atoms. The number of nitrogens with zero attached hydrogens (tertiary/aromatic N) is 2. The zero-order chi connectivity index (χ0) is 19.1. The number of aliphatic hydroxyl groups excluding tert-OH is 1. The maximum absolute atomic E-state index is 12.6. The van der Waals surface area contributed by atoms with Gasteiger partial charge < -0.3 is 10.0 Å². The lowest BCUT2D eigenvalue weighted by Gasteiger charge is -2.20. The minimum absolute atomic E-state index is 0.0119. The second-order valence-corrected chi connectivity index (χ2v) is 7.72. The van der Waals surface area contributed by atoms with E-state index in [0.717, 1.165) is 5.56 Å². The molecule has 1 heterocycles. The zero-order valence-corrected chi connectivity index (χ0v) is 16.7. The van der Waals surface area contributed by atoms with Crippen LogP contribution >= 0.6 is 24.0 Å². The van der Waals surface area contributed by atoms with E-state index < -0.39 is 0 Å². The smallest absolute Gasteiger partial charge is 0.266 e. The van der Waals surface area contributed by atoms with Crippen molar-refractivity contribution >= 4 is 46.2 Å². The molecule has 1 aromatic carbocycles. The van der Waals surface area contributed by atoms with Crippen molar-refractivity contribution in [2.45, 2.75) is 26.7 Å². The number of rotatable bonds is 8. The molecule has 0 spiro atoms. The maximum atomic E-state index is 12.6. The quantitative estimate of drug-likeness (QED) is 0.545. The average Bonchev–Trinajstić information content (AvgIpc) is 2.88. The molecule has 0 aromatic heterocycles. The van der Waals surface area contributed by atoms with Crippen LogP contribution in [0.5, 0.6) is 0 Å². The highest BCUT2D eigenvalue weighted by molar-refractivity contribution is 8.26. The number of thioether (sulfide) groups is 1. The molecule has 1 fully saturated rings. The van der Waals surface area contributed by atoms with E-state index >= 15 is 0 Å². The fraction of sp³-hybridized carbons (Fsp3) is 0.421. The van der Waals surface area contributed by atoms with Crippen molar-refractivity contribution in [2.75, 3.05) is 26.2 Å². The Balaban J connectivity index is 1.92. The lowest BCUT2D eigenvalue weighted by atomic mass is 10.1. The number of likely N-dealkylation sites (N-methyl/N-ethyl adjacent to an activating group) is 1. The summed E-state index contributed by atoms with van der Waals surface area (Å²) in [4.78, 5) is 28.5. The summed E-state index contributed by atoms with van der Waals surface area (Å²) in [5.74, 6) is -0.113. The normalized spacial score (nSPS) is 15.8. The van der Waals surface area contributed by atoms with Crippen LogP contribution in [0.25, 0.3) is 6.08 Å². The Labute approximate surface area is 164 Å². The highest BCUT2D eigenvalue weighted by Gasteiger charge is 2.31. The number of benzene rings is 1. The van der Waals surface area contributed by atoms with Crippen molar-refractivity contribution in [1.29, 1.82) is 0 Å². The number of aryl methyl sites for hydroxylation is 1. The molecular weight excluding hydrogens is 368 g/mol. The fourth-order valence-corrected chi connectivity index (χ4v) is 3.94. The van der Waals surface area contributed by atoms with Crippen LogP contribution in [-0.4, -0.2) is 57.3 Å². The van der Waals surface area contributed by atoms with Crippen LogP contribution in [0.3, 0.4) is 0 Å². The van der Waals surface area contributed by atoms with E-state index in [-0.39, 0.29) is 18.4 Å². The van der Waals surface area contributed by atoms with Crippen molar-refractivity contribution in [3.05, 3.63) is 40.3 Å². The van der Waals surface area contributed by atoms with Gasteiger partial charge in [0.15, 0.2) is 0 Å². The van der Waals surface area contributed by atoms with E-state index in [1.165, 1.54) is 17.3 Å². The van der Waals surface area contributed by atoms with Gasteiger partial charge in [-0.2, -0.15) is 0 Å². The molecule has 5 nitrogen and oxygen atoms in total. The van der Waals surface area contributed by atoms with Crippen LogP contribution in [0, 0.1) is 6.92 Å². The third-order valence-corrected chi connectivity index (χ3v) is 5.50. The van der Waals surface area contributed by atoms with E-state index in [0.29, 0.717) is 41.7 Å². The Kier molecular flexibility index (Phi) is 7.81. The Morgan fingerprint density at radius 2 is 2.04 bits per heavy atom. The molecule has 1 aromatic rings. The molecule has 0 unspecified atom stereocenters. The van der Waals surface area contributed by atoms with E-state index in [4.69, 9.17) is 17.3 Å². The summed E-state index contributed by atoms with van der Waals surface area (Å²) in [5.41, 5.74) is 2.13. The molecule has 1 aliphatic heterocycles. The predicted molar refractivity (Wildman–Crippen MR) is 110 cm³/mol. The van der Waals surface area contributed by atoms with E-state index in [2.05, 4.69) is 0 Å². The van der Waals surface area contributed by atoms with Crippen molar-refractivity contribution in [2.24, 2.45) is 0 Å². The molecule has 2 rings (SSSR count). The Morgan fingerprint density at radius 1 is 1.35 bits per heavy atom. The van der Waals surface area contributed by atoms with E-state index in [1.807, 2.05) is 44.2 Å². The second-order valence-electron chi connectivity index (χ2n) is 6.04. The molecule has 0 saturated carbocycles. The molecule has 0 aliphatic carbocycles. The van der Waals surface area contributed by atoms with Crippen LogP contribution in [0.1, 0.15) is 30.9 Å². The van der Waals surface area contributed by atoms with Crippen molar-refractivity contribution in [1.82, 2.24) is 9.80 Å². The monoisotopic (exact) mass is 392 g/mol. The first-order chi connectivity index (χ1) is 12.5. The third-order valence-electron chi connectivity index (χ3n) is 4.13. The number of thiocarbonyl (C=S) groups is 1. The summed E-state index contributed by atoms with van der Waals surface area (Å²) in [7, 11) is 0. The standard InChI is InChI=1S/C19H24N2O3S2/c1-3-20(11-12-22)17(23)5-4-10-21-18(24)16(26-19(21)25)13-15-8-6-14(2)7-9-15/h6-9,13,22H,3-5,10-12H2,1-2H3. The topological polar surface area (TPSA) is 60.9 Å². The van der Waals surface area contributed by atoms with Crippen LogP contribution in [0.4, 0.5) is 0 Å². The molecule has 1 N–H and O–H groups in total. The summed E-state index contributed by atoms with van der Waals surface area (Å²) in [6.07, 6.45) is 2.73. The van der Waals surface area contributed by atoms with Crippen LogP contribution in [0.2, 0.25) is 0 Å². The first-order valence-electron chi connectivity index (χ1n) is 8.67. The molecule has 0 atom stereocenters. The minimum atomic E-state index is -0.101. The van der Waals surface area contributed by atoms with E-state index in [9.17, 15) is 9.59 Å². The molecule has 0 bridgehead atoms. The summed E-state index contributed by atoms with van der Waals surface area (Å²) < 4.78 is 0.531. The number of aliphatic hydroxyl groups is 1. The van der Waals surface area contributed by atoms with Crippen molar-refractivity contribution in [3.63, 3.8) is 0 Å². The van der Waals surface area contributed by atoms with Gasteiger partial charge >= 0.3 is 0 Å². The van der Waals surface area contributed by atoms with Gasteiger partial charge in [0.25, 0.3) is 5.91 Å². The first kappa shape index (κ1) is 20.6. The molecule has 7 heteroatoms. The number of hydrogen-bond acceptors (Lipinski definition) is 5. The fourth-order valence-electron chi connectivity index (χ4n) is 2.63. The predicted octanol–water partition coefficient (Wildman–Crippen LogP) is 2.82. The summed E-state index contributed by atoms with van der Waals surface area (Å²) in [6.45, 7) is 5.20. The maximum Gasteiger partial charge on any atom is 0.266 e. The summed E-state index contributed by atoms with van der Waals surface area (Å²) in [5, 5.41) is 8.98. The summed E-state index contributed by atoms with van der Waals surface area (Å²) >= 11 is 6.62. The van der Waals surface area contributed by atoms with Gasteiger partial charge in [-0.1, -0.05) is 53.8 Å². The number of amides is 2. The van der Waals surface area contributed by atoms with Crippen LogP contribution in [-0.2, 0) is 9.59 Å². The number of carbonyl (C=O) groups excluding carboxylic acids is 2. The van der Waals surface area contributed by atoms with Gasteiger partial charge in [-0.3, -0.25) is 14.5 Å². The van der Waals surface area contributed by atoms with E-state index in [1.54, 1.807) is 9.80 Å². The van der Waals surface area contributed by atoms with Gasteiger partial charge in [-0.25, -0.2) is 0 Å². The number of carbonyl (C=O) groups is 2. The first-order valence-corrected chi connectivity index (χ1v) is 9.89. The SMILES string of the molecule is CCN(CCO)C(=O)CCCN1C(=O)C(=Cc2ccc(C)cc2)SC1=S. The lowest BCUT2D eigenvalue weighted by molar-refractivity contribution is -0.132. The molecule has 1 saturated heterocycles. The highest BCUT2D eigenvalue weighted by Crippen LogP contribution is 2.32. The van der Waals surface area contributed by atoms with Crippen molar-refractivity contribution < 1.29 is 14.7 Å². The van der Waals surface area contributed by atoms with Crippen LogP contribution < -0.4 is 0 Å². The second kappa shape index (κ2) is 9.85. The van der Waals surface area contributed by atoms with Gasteiger partial charge in [0.05, 0.1) is 11.5 Å². The van der Waals surface area contributed by atoms with Gasteiger partial charge in [0, 0.05) is 26.1 Å². The highest BCUT2D eigenvalue weighted by atomic mass is 32.2.